The Bertz CT molecular complexity index is 205. The van der Waals surface area contributed by atoms with Gasteiger partial charge >= 0.3 is 0 Å². The third-order valence-corrected chi connectivity index (χ3v) is 4.24. The quantitative estimate of drug-likeness (QED) is 0.717. The third-order valence-electron chi connectivity index (χ3n) is 4.24. The molecule has 1 aliphatic carbocycles. The lowest BCUT2D eigenvalue weighted by Gasteiger charge is -2.32. The van der Waals surface area contributed by atoms with Gasteiger partial charge in [0.1, 0.15) is 0 Å². The Morgan fingerprint density at radius 1 is 1.12 bits per heavy atom. The first-order valence-electron chi connectivity index (χ1n) is 7.41. The second-order valence-electron chi connectivity index (χ2n) is 6.84. The smallest absolute Gasteiger partial charge is 0.0188 e. The van der Waals surface area contributed by atoms with Gasteiger partial charge in [-0.3, -0.25) is 0 Å². The lowest BCUT2D eigenvalue weighted by Crippen LogP contribution is -2.42. The molecule has 0 radical (unpaired) electrons. The van der Waals surface area contributed by atoms with E-state index in [0.29, 0.717) is 17.4 Å². The zero-order valence-electron chi connectivity index (χ0n) is 12.3. The van der Waals surface area contributed by atoms with E-state index in [2.05, 4.69) is 33.0 Å². The van der Waals surface area contributed by atoms with E-state index in [1.54, 1.807) is 0 Å². The van der Waals surface area contributed by atoms with Gasteiger partial charge in [-0.2, -0.15) is 0 Å². The van der Waals surface area contributed by atoms with Crippen LogP contribution in [0.3, 0.4) is 0 Å². The van der Waals surface area contributed by atoms with Crippen LogP contribution < -0.4 is 11.1 Å². The van der Waals surface area contributed by atoms with Gasteiger partial charge in [-0.1, -0.05) is 40.5 Å². The van der Waals surface area contributed by atoms with Crippen molar-refractivity contribution in [3.05, 3.63) is 0 Å². The molecule has 0 amide bonds. The van der Waals surface area contributed by atoms with E-state index >= 15 is 0 Å². The van der Waals surface area contributed by atoms with Crippen molar-refractivity contribution in [2.24, 2.45) is 23.0 Å². The van der Waals surface area contributed by atoms with E-state index in [1.165, 1.54) is 38.6 Å². The maximum atomic E-state index is 6.08. The van der Waals surface area contributed by atoms with Crippen molar-refractivity contribution < 1.29 is 0 Å². The first kappa shape index (κ1) is 15.0. The number of nitrogens with one attached hydrogen (secondary N) is 1. The molecule has 0 aromatic heterocycles. The zero-order chi connectivity index (χ0) is 12.9. The van der Waals surface area contributed by atoms with Gasteiger partial charge in [0.2, 0.25) is 0 Å². The standard InChI is InChI=1S/C15H32N2/c1-12(2)9-15(7-5-6-8-15)11-17-10-14(16)13(3)4/h12-14,17H,5-11,16H2,1-4H3. The minimum Gasteiger partial charge on any atom is -0.326 e. The molecule has 0 aliphatic heterocycles. The highest BCUT2D eigenvalue weighted by molar-refractivity contribution is 4.88. The van der Waals surface area contributed by atoms with E-state index in [9.17, 15) is 0 Å². The van der Waals surface area contributed by atoms with Gasteiger partial charge in [-0.25, -0.2) is 0 Å². The Morgan fingerprint density at radius 3 is 2.18 bits per heavy atom. The average molecular weight is 240 g/mol. The van der Waals surface area contributed by atoms with Gasteiger partial charge in [0.15, 0.2) is 0 Å². The highest BCUT2D eigenvalue weighted by atomic mass is 14.9. The molecule has 1 fully saturated rings. The molecule has 0 bridgehead atoms. The van der Waals surface area contributed by atoms with E-state index in [0.717, 1.165) is 12.5 Å². The molecule has 0 aromatic carbocycles. The van der Waals surface area contributed by atoms with Crippen molar-refractivity contribution in [1.82, 2.24) is 5.32 Å². The number of nitrogens with two attached hydrogens (primary N) is 1. The molecule has 0 aromatic rings. The van der Waals surface area contributed by atoms with Gasteiger partial charge in [-0.15, -0.1) is 0 Å². The molecule has 2 heteroatoms. The van der Waals surface area contributed by atoms with Crippen LogP contribution in [0, 0.1) is 17.3 Å². The molecule has 17 heavy (non-hydrogen) atoms. The lowest BCUT2D eigenvalue weighted by atomic mass is 9.78. The Balaban J connectivity index is 2.35. The summed E-state index contributed by atoms with van der Waals surface area (Å²) in [5.74, 6) is 1.39. The zero-order valence-corrected chi connectivity index (χ0v) is 12.3. The SMILES string of the molecule is CC(C)CC1(CNCC(N)C(C)C)CCCC1. The Morgan fingerprint density at radius 2 is 1.71 bits per heavy atom. The molecule has 1 atom stereocenters. The number of hydrogen-bond acceptors (Lipinski definition) is 2. The lowest BCUT2D eigenvalue weighted by molar-refractivity contribution is 0.221. The summed E-state index contributed by atoms with van der Waals surface area (Å²) in [6, 6.07) is 0.299. The van der Waals surface area contributed by atoms with Crippen molar-refractivity contribution in [3.63, 3.8) is 0 Å². The van der Waals surface area contributed by atoms with Crippen LogP contribution in [-0.2, 0) is 0 Å². The first-order valence-corrected chi connectivity index (χ1v) is 7.41. The predicted octanol–water partition coefficient (Wildman–Crippen LogP) is 3.17. The monoisotopic (exact) mass is 240 g/mol. The largest absolute Gasteiger partial charge is 0.326 e. The van der Waals surface area contributed by atoms with E-state index in [1.807, 2.05) is 0 Å². The topological polar surface area (TPSA) is 38.0 Å². The van der Waals surface area contributed by atoms with Crippen molar-refractivity contribution in [2.75, 3.05) is 13.1 Å². The summed E-state index contributed by atoms with van der Waals surface area (Å²) in [4.78, 5) is 0. The van der Waals surface area contributed by atoms with Crippen molar-refractivity contribution in [1.29, 1.82) is 0 Å². The molecule has 1 rings (SSSR count). The predicted molar refractivity (Wildman–Crippen MR) is 76.0 cm³/mol. The second kappa shape index (κ2) is 6.75. The van der Waals surface area contributed by atoms with Crippen molar-refractivity contribution in [2.45, 2.75) is 65.8 Å². The van der Waals surface area contributed by atoms with E-state index < -0.39 is 0 Å². The van der Waals surface area contributed by atoms with E-state index in [-0.39, 0.29) is 0 Å². The molecule has 3 N–H and O–H groups in total. The molecule has 0 heterocycles. The Labute approximate surface area is 108 Å². The summed E-state index contributed by atoms with van der Waals surface area (Å²) in [7, 11) is 0. The summed E-state index contributed by atoms with van der Waals surface area (Å²) in [6.45, 7) is 11.2. The van der Waals surface area contributed by atoms with Crippen LogP contribution in [0.25, 0.3) is 0 Å². The summed E-state index contributed by atoms with van der Waals surface area (Å²) < 4.78 is 0. The summed E-state index contributed by atoms with van der Waals surface area (Å²) in [5, 5.41) is 3.63. The van der Waals surface area contributed by atoms with Crippen LogP contribution in [0.5, 0.6) is 0 Å². The van der Waals surface area contributed by atoms with Gasteiger partial charge in [0, 0.05) is 19.1 Å². The first-order chi connectivity index (χ1) is 7.95. The van der Waals surface area contributed by atoms with Crippen LogP contribution in [0.4, 0.5) is 0 Å². The molecule has 2 nitrogen and oxygen atoms in total. The Hall–Kier alpha value is -0.0800. The molecular formula is C15H32N2. The van der Waals surface area contributed by atoms with Crippen LogP contribution in [0.2, 0.25) is 0 Å². The minimum absolute atomic E-state index is 0.299. The summed E-state index contributed by atoms with van der Waals surface area (Å²) in [6.07, 6.45) is 7.04. The average Bonchev–Trinajstić information content (AvgIpc) is 2.65. The maximum Gasteiger partial charge on any atom is 0.0188 e. The van der Waals surface area contributed by atoms with Crippen molar-refractivity contribution >= 4 is 0 Å². The van der Waals surface area contributed by atoms with Crippen LogP contribution in [-0.4, -0.2) is 19.1 Å². The molecule has 102 valence electrons. The normalized spacial score (nSPS) is 21.4. The van der Waals surface area contributed by atoms with Gasteiger partial charge in [-0.05, 0) is 36.5 Å². The molecular weight excluding hydrogens is 208 g/mol. The molecule has 1 saturated carbocycles. The fourth-order valence-electron chi connectivity index (χ4n) is 3.18. The number of rotatable bonds is 7. The molecule has 1 unspecified atom stereocenters. The second-order valence-corrected chi connectivity index (χ2v) is 6.84. The van der Waals surface area contributed by atoms with Crippen LogP contribution >= 0.6 is 0 Å². The molecule has 0 spiro atoms. The fourth-order valence-corrected chi connectivity index (χ4v) is 3.18. The van der Waals surface area contributed by atoms with Gasteiger partial charge < -0.3 is 11.1 Å². The van der Waals surface area contributed by atoms with E-state index in [4.69, 9.17) is 5.73 Å². The van der Waals surface area contributed by atoms with Crippen LogP contribution in [0.15, 0.2) is 0 Å². The Kier molecular flexibility index (Phi) is 5.94. The minimum atomic E-state index is 0.299. The molecule has 1 aliphatic rings. The fraction of sp³-hybridized carbons (Fsp3) is 1.00. The summed E-state index contributed by atoms with van der Waals surface area (Å²) in [5.41, 5.74) is 6.66. The van der Waals surface area contributed by atoms with Crippen LogP contribution in [0.1, 0.15) is 59.8 Å². The maximum absolute atomic E-state index is 6.08. The number of hydrogen-bond donors (Lipinski definition) is 2. The summed E-state index contributed by atoms with van der Waals surface area (Å²) >= 11 is 0. The highest BCUT2D eigenvalue weighted by Crippen LogP contribution is 2.42. The highest BCUT2D eigenvalue weighted by Gasteiger charge is 2.33. The van der Waals surface area contributed by atoms with Crippen molar-refractivity contribution in [3.8, 4) is 0 Å². The van der Waals surface area contributed by atoms with Gasteiger partial charge in [0.25, 0.3) is 0 Å². The molecule has 0 saturated heterocycles. The third kappa shape index (κ3) is 4.97. The van der Waals surface area contributed by atoms with Gasteiger partial charge in [0.05, 0.1) is 0 Å².